The quantitative estimate of drug-likeness (QED) is 0.911. The number of nitrogens with zero attached hydrogens (tertiary/aromatic N) is 1. The second kappa shape index (κ2) is 6.11. The van der Waals surface area contributed by atoms with Crippen LogP contribution in [0.1, 0.15) is 31.8 Å². The summed E-state index contributed by atoms with van der Waals surface area (Å²) in [5.74, 6) is 0. The van der Waals surface area contributed by atoms with E-state index in [-0.39, 0.29) is 0 Å². The van der Waals surface area contributed by atoms with E-state index in [4.69, 9.17) is 9.47 Å². The van der Waals surface area contributed by atoms with Crippen molar-refractivity contribution in [2.75, 3.05) is 19.8 Å². The number of rotatable bonds is 2. The first-order valence-corrected chi connectivity index (χ1v) is 7.55. The Balaban J connectivity index is 2.11. The molecular weight excluding hydrogens is 278 g/mol. The lowest BCUT2D eigenvalue weighted by molar-refractivity contribution is -0.0665. The SMILES string of the molecule is CC(C)(C)OC(=O)N1CCOCC1C(O)c1cccs1. The maximum absolute atomic E-state index is 12.2. The Hall–Kier alpha value is -1.11. The molecule has 1 aromatic heterocycles. The van der Waals surface area contributed by atoms with E-state index >= 15 is 0 Å². The number of morpholine rings is 1. The monoisotopic (exact) mass is 299 g/mol. The predicted octanol–water partition coefficient (Wildman–Crippen LogP) is 2.42. The van der Waals surface area contributed by atoms with Crippen molar-refractivity contribution in [3.8, 4) is 0 Å². The molecule has 2 rings (SSSR count). The Bertz CT molecular complexity index is 441. The van der Waals surface area contributed by atoms with Gasteiger partial charge in [-0.25, -0.2) is 4.79 Å². The number of carbonyl (C=O) groups excluding carboxylic acids is 1. The Kier molecular flexibility index (Phi) is 4.67. The number of carbonyl (C=O) groups is 1. The van der Waals surface area contributed by atoms with Crippen LogP contribution in [-0.2, 0) is 9.47 Å². The molecule has 20 heavy (non-hydrogen) atoms. The molecule has 1 fully saturated rings. The molecule has 2 atom stereocenters. The first-order chi connectivity index (χ1) is 9.38. The molecule has 1 aromatic rings. The van der Waals surface area contributed by atoms with E-state index in [1.54, 1.807) is 4.90 Å². The third-order valence-corrected chi connectivity index (χ3v) is 3.94. The summed E-state index contributed by atoms with van der Waals surface area (Å²) in [6.07, 6.45) is -1.15. The minimum Gasteiger partial charge on any atom is -0.444 e. The molecule has 0 radical (unpaired) electrons. The normalized spacial score (nSPS) is 21.6. The van der Waals surface area contributed by atoms with Crippen molar-refractivity contribution in [3.05, 3.63) is 22.4 Å². The number of hydrogen-bond acceptors (Lipinski definition) is 5. The zero-order valence-electron chi connectivity index (χ0n) is 12.0. The lowest BCUT2D eigenvalue weighted by Gasteiger charge is -2.38. The van der Waals surface area contributed by atoms with Gasteiger partial charge in [0.05, 0.1) is 19.3 Å². The van der Waals surface area contributed by atoms with E-state index in [2.05, 4.69) is 0 Å². The highest BCUT2D eigenvalue weighted by molar-refractivity contribution is 7.10. The molecule has 5 nitrogen and oxygen atoms in total. The Labute approximate surface area is 123 Å². The number of amides is 1. The number of hydrogen-bond donors (Lipinski definition) is 1. The second-order valence-electron chi connectivity index (χ2n) is 5.78. The minimum absolute atomic E-state index is 0.318. The zero-order chi connectivity index (χ0) is 14.8. The van der Waals surface area contributed by atoms with Crippen LogP contribution < -0.4 is 0 Å². The van der Waals surface area contributed by atoms with E-state index in [0.717, 1.165) is 4.88 Å². The summed E-state index contributed by atoms with van der Waals surface area (Å²) < 4.78 is 10.8. The molecule has 1 saturated heterocycles. The Morgan fingerprint density at radius 3 is 2.95 bits per heavy atom. The molecule has 2 unspecified atom stereocenters. The van der Waals surface area contributed by atoms with Gasteiger partial charge in [-0.2, -0.15) is 0 Å². The lowest BCUT2D eigenvalue weighted by Crippen LogP contribution is -2.52. The van der Waals surface area contributed by atoms with Gasteiger partial charge in [0.15, 0.2) is 0 Å². The fourth-order valence-corrected chi connectivity index (χ4v) is 2.85. The molecule has 0 aromatic carbocycles. The minimum atomic E-state index is -0.747. The van der Waals surface area contributed by atoms with E-state index < -0.39 is 23.8 Å². The summed E-state index contributed by atoms with van der Waals surface area (Å²) in [5.41, 5.74) is -0.548. The van der Waals surface area contributed by atoms with Crippen LogP contribution in [0.4, 0.5) is 4.79 Å². The molecular formula is C14H21NO4S. The van der Waals surface area contributed by atoms with Crippen LogP contribution in [0.25, 0.3) is 0 Å². The Morgan fingerprint density at radius 1 is 1.60 bits per heavy atom. The third-order valence-electron chi connectivity index (χ3n) is 2.99. The van der Waals surface area contributed by atoms with Crippen LogP contribution >= 0.6 is 11.3 Å². The van der Waals surface area contributed by atoms with Crippen molar-refractivity contribution in [2.45, 2.75) is 38.5 Å². The Morgan fingerprint density at radius 2 is 2.35 bits per heavy atom. The van der Waals surface area contributed by atoms with Crippen molar-refractivity contribution < 1.29 is 19.4 Å². The van der Waals surface area contributed by atoms with Crippen molar-refractivity contribution in [3.63, 3.8) is 0 Å². The fraction of sp³-hybridized carbons (Fsp3) is 0.643. The van der Waals surface area contributed by atoms with Crippen molar-refractivity contribution in [1.29, 1.82) is 0 Å². The van der Waals surface area contributed by atoms with Crippen LogP contribution in [0.15, 0.2) is 17.5 Å². The van der Waals surface area contributed by atoms with Gasteiger partial charge >= 0.3 is 6.09 Å². The van der Waals surface area contributed by atoms with E-state index in [0.29, 0.717) is 19.8 Å². The molecule has 1 amide bonds. The fourth-order valence-electron chi connectivity index (χ4n) is 2.08. The number of aliphatic hydroxyl groups excluding tert-OH is 1. The smallest absolute Gasteiger partial charge is 0.410 e. The van der Waals surface area contributed by atoms with E-state index in [1.807, 2.05) is 38.3 Å². The first-order valence-electron chi connectivity index (χ1n) is 6.67. The van der Waals surface area contributed by atoms with Crippen LogP contribution in [0.5, 0.6) is 0 Å². The third kappa shape index (κ3) is 3.71. The van der Waals surface area contributed by atoms with Crippen molar-refractivity contribution >= 4 is 17.4 Å². The average Bonchev–Trinajstić information content (AvgIpc) is 2.89. The standard InChI is InChI=1S/C14H21NO4S/c1-14(2,3)19-13(17)15-6-7-18-9-10(15)12(16)11-5-4-8-20-11/h4-5,8,10,12,16H,6-7,9H2,1-3H3. The van der Waals surface area contributed by atoms with Crippen LogP contribution in [0.2, 0.25) is 0 Å². The zero-order valence-corrected chi connectivity index (χ0v) is 12.9. The topological polar surface area (TPSA) is 59.0 Å². The van der Waals surface area contributed by atoms with Gasteiger partial charge in [-0.05, 0) is 32.2 Å². The van der Waals surface area contributed by atoms with E-state index in [9.17, 15) is 9.90 Å². The molecule has 0 saturated carbocycles. The lowest BCUT2D eigenvalue weighted by atomic mass is 10.1. The summed E-state index contributed by atoms with van der Waals surface area (Å²) in [6, 6.07) is 3.33. The summed E-state index contributed by atoms with van der Waals surface area (Å²) in [7, 11) is 0. The number of ether oxygens (including phenoxy) is 2. The molecule has 112 valence electrons. The molecule has 0 aliphatic carbocycles. The van der Waals surface area contributed by atoms with Crippen LogP contribution in [-0.4, -0.2) is 47.5 Å². The van der Waals surface area contributed by atoms with Gasteiger partial charge in [0.25, 0.3) is 0 Å². The van der Waals surface area contributed by atoms with Crippen molar-refractivity contribution in [1.82, 2.24) is 4.90 Å². The number of aliphatic hydroxyl groups is 1. The van der Waals surface area contributed by atoms with Gasteiger partial charge in [-0.3, -0.25) is 4.90 Å². The molecule has 1 aliphatic heterocycles. The second-order valence-corrected chi connectivity index (χ2v) is 6.76. The van der Waals surface area contributed by atoms with Gasteiger partial charge < -0.3 is 14.6 Å². The molecule has 0 bridgehead atoms. The number of thiophene rings is 1. The molecule has 1 N–H and O–H groups in total. The maximum atomic E-state index is 12.2. The van der Waals surface area contributed by atoms with Gasteiger partial charge in [0.1, 0.15) is 11.7 Å². The van der Waals surface area contributed by atoms with Gasteiger partial charge in [0, 0.05) is 11.4 Å². The van der Waals surface area contributed by atoms with Crippen LogP contribution in [0, 0.1) is 0 Å². The highest BCUT2D eigenvalue weighted by atomic mass is 32.1. The van der Waals surface area contributed by atoms with Crippen LogP contribution in [0.3, 0.4) is 0 Å². The summed E-state index contributed by atoms with van der Waals surface area (Å²) in [4.78, 5) is 14.6. The largest absolute Gasteiger partial charge is 0.444 e. The highest BCUT2D eigenvalue weighted by Crippen LogP contribution is 2.28. The van der Waals surface area contributed by atoms with Gasteiger partial charge in [0.2, 0.25) is 0 Å². The van der Waals surface area contributed by atoms with Gasteiger partial charge in [-0.15, -0.1) is 11.3 Å². The molecule has 1 aliphatic rings. The predicted molar refractivity (Wildman–Crippen MR) is 76.8 cm³/mol. The van der Waals surface area contributed by atoms with Crippen molar-refractivity contribution in [2.24, 2.45) is 0 Å². The molecule has 2 heterocycles. The average molecular weight is 299 g/mol. The van der Waals surface area contributed by atoms with E-state index in [1.165, 1.54) is 11.3 Å². The summed E-state index contributed by atoms with van der Waals surface area (Å²) in [5, 5.41) is 12.3. The highest BCUT2D eigenvalue weighted by Gasteiger charge is 2.36. The van der Waals surface area contributed by atoms with Gasteiger partial charge in [-0.1, -0.05) is 6.07 Å². The molecule has 0 spiro atoms. The molecule has 6 heteroatoms. The summed E-state index contributed by atoms with van der Waals surface area (Å²) in [6.45, 7) is 6.70. The maximum Gasteiger partial charge on any atom is 0.410 e. The summed E-state index contributed by atoms with van der Waals surface area (Å²) >= 11 is 1.47. The first kappa shape index (κ1) is 15.3.